The van der Waals surface area contributed by atoms with Crippen molar-refractivity contribution in [2.45, 2.75) is 39.5 Å². The molecule has 0 N–H and O–H groups in total. The van der Waals surface area contributed by atoms with Gasteiger partial charge in [-0.15, -0.1) is 0 Å². The van der Waals surface area contributed by atoms with Gasteiger partial charge >= 0.3 is 43.6 Å². The van der Waals surface area contributed by atoms with Gasteiger partial charge in [-0.2, -0.15) is 0 Å². The first-order valence-corrected chi connectivity index (χ1v) is 16.1. The summed E-state index contributed by atoms with van der Waals surface area (Å²) >= 11 is -2.22. The molecule has 0 spiro atoms. The molecule has 0 atom stereocenters. The second-order valence-corrected chi connectivity index (χ2v) is 16.6. The number of rotatable bonds is 3. The first-order valence-electron chi connectivity index (χ1n) is 3.57. The average Bonchev–Trinajstić information content (AvgIpc) is 1.82. The van der Waals surface area contributed by atoms with Crippen molar-refractivity contribution in [3.63, 3.8) is 0 Å². The summed E-state index contributed by atoms with van der Waals surface area (Å²) in [4.78, 5) is 0. The van der Waals surface area contributed by atoms with Crippen molar-refractivity contribution in [1.29, 1.82) is 0 Å². The van der Waals surface area contributed by atoms with Gasteiger partial charge in [0.05, 0.1) is 0 Å². The van der Waals surface area contributed by atoms with Crippen LogP contribution in [0.4, 0.5) is 0 Å². The maximum atomic E-state index is 5.02. The summed E-state index contributed by atoms with van der Waals surface area (Å²) < 4.78 is 0. The summed E-state index contributed by atoms with van der Waals surface area (Å²) in [6, 6.07) is 0. The van der Waals surface area contributed by atoms with E-state index in [2.05, 4.69) is 13.8 Å². The second kappa shape index (κ2) is 13.3. The van der Waals surface area contributed by atoms with Crippen molar-refractivity contribution >= 4 is 43.6 Å². The Kier molecular flexibility index (Phi) is 19.0. The summed E-state index contributed by atoms with van der Waals surface area (Å²) in [5.41, 5.74) is 0. The van der Waals surface area contributed by atoms with E-state index >= 15 is 0 Å². The van der Waals surface area contributed by atoms with Crippen molar-refractivity contribution in [3.8, 4) is 0 Å². The first kappa shape index (κ1) is 14.3. The van der Waals surface area contributed by atoms with Crippen molar-refractivity contribution < 1.29 is 0 Å². The van der Waals surface area contributed by atoms with Crippen LogP contribution in [-0.2, 0) is 0 Å². The topological polar surface area (TPSA) is 0 Å². The predicted molar refractivity (Wildman–Crippen MR) is 53.1 cm³/mol. The molecule has 0 saturated heterocycles. The summed E-state index contributed by atoms with van der Waals surface area (Å²) in [5, 5.41) is 0. The summed E-state index contributed by atoms with van der Waals surface area (Å²) in [6.45, 7) is 4.46. The number of hydrogen-bond donors (Lipinski definition) is 0. The van der Waals surface area contributed by atoms with Crippen molar-refractivity contribution in [3.05, 3.63) is 0 Å². The van der Waals surface area contributed by atoms with E-state index in [-0.39, 0.29) is 0 Å². The van der Waals surface area contributed by atoms with Crippen molar-refractivity contribution in [2.75, 3.05) is 0 Å². The minimum atomic E-state index is -2.22. The Labute approximate surface area is 82.5 Å². The average molecular weight is 307 g/mol. The zero-order chi connectivity index (χ0) is 8.41. The van der Waals surface area contributed by atoms with Gasteiger partial charge in [-0.05, 0) is 0 Å². The van der Waals surface area contributed by atoms with Gasteiger partial charge in [0.1, 0.15) is 0 Å². The molecular weight excluding hydrogens is 293 g/mol. The number of unbranched alkanes of at least 4 members (excludes halogenated alkanes) is 3. The van der Waals surface area contributed by atoms with Crippen molar-refractivity contribution in [2.24, 2.45) is 0 Å². The quantitative estimate of drug-likeness (QED) is 0.683. The Hall–Kier alpha value is 1.74. The Morgan fingerprint density at radius 2 is 1.10 bits per heavy atom. The Balaban J connectivity index is 0. The summed E-state index contributed by atoms with van der Waals surface area (Å²) in [7, 11) is 15.0. The standard InChI is InChI=1S/C6H14.3ClH.In/c1-3-5-6-4-2;;;;/h3-6H2,1-2H3;3*1H;/q;;;;+3/p-3. The van der Waals surface area contributed by atoms with Gasteiger partial charge in [0.25, 0.3) is 0 Å². The minimum absolute atomic E-state index is 1.36. The fourth-order valence-corrected chi connectivity index (χ4v) is 0.500. The van der Waals surface area contributed by atoms with Crippen LogP contribution in [0, 0.1) is 0 Å². The molecule has 0 bridgehead atoms. The van der Waals surface area contributed by atoms with Crippen LogP contribution in [0.3, 0.4) is 0 Å². The van der Waals surface area contributed by atoms with E-state index in [1.54, 1.807) is 0 Å². The third-order valence-corrected chi connectivity index (χ3v) is 0.957. The summed E-state index contributed by atoms with van der Waals surface area (Å²) in [6.07, 6.45) is 5.54. The van der Waals surface area contributed by atoms with E-state index in [0.717, 1.165) is 0 Å². The van der Waals surface area contributed by atoms with E-state index in [9.17, 15) is 0 Å². The molecule has 0 unspecified atom stereocenters. The maximum absolute atomic E-state index is 5.02. The molecule has 0 nitrogen and oxygen atoms in total. The third-order valence-electron chi connectivity index (χ3n) is 0.957. The molecule has 0 aliphatic heterocycles. The zero-order valence-corrected chi connectivity index (χ0v) is 12.1. The molecule has 0 heterocycles. The second-order valence-electron chi connectivity index (χ2n) is 1.95. The Morgan fingerprint density at radius 1 is 0.900 bits per heavy atom. The van der Waals surface area contributed by atoms with Crippen LogP contribution in [0.1, 0.15) is 39.5 Å². The molecule has 0 radical (unpaired) electrons. The van der Waals surface area contributed by atoms with Gasteiger partial charge < -0.3 is 0 Å². The van der Waals surface area contributed by atoms with E-state index in [4.69, 9.17) is 25.7 Å². The van der Waals surface area contributed by atoms with Gasteiger partial charge in [0.15, 0.2) is 0 Å². The molecule has 0 aromatic rings. The van der Waals surface area contributed by atoms with Gasteiger partial charge in [-0.3, -0.25) is 0 Å². The molecule has 4 heteroatoms. The summed E-state index contributed by atoms with van der Waals surface area (Å²) in [5.74, 6) is 0. The number of hydrogen-bond acceptors (Lipinski definition) is 0. The SMILES string of the molecule is CCCCCC.[Cl][In]([Cl])[Cl]. The van der Waals surface area contributed by atoms with Crippen LogP contribution >= 0.6 is 25.7 Å². The van der Waals surface area contributed by atoms with Crippen LogP contribution in [0.5, 0.6) is 0 Å². The van der Waals surface area contributed by atoms with Crippen LogP contribution in [0.15, 0.2) is 0 Å². The predicted octanol–water partition coefficient (Wildman–Crippen LogP) is 4.27. The van der Waals surface area contributed by atoms with Crippen LogP contribution in [0.25, 0.3) is 0 Å². The molecule has 0 amide bonds. The molecule has 0 aromatic heterocycles. The first-order chi connectivity index (χ1) is 4.65. The number of halogens is 3. The molecule has 0 aliphatic carbocycles. The van der Waals surface area contributed by atoms with E-state index in [1.165, 1.54) is 25.7 Å². The van der Waals surface area contributed by atoms with Gasteiger partial charge in [-0.1, -0.05) is 39.5 Å². The van der Waals surface area contributed by atoms with E-state index < -0.39 is 17.9 Å². The molecular formula is C6H14Cl3In. The van der Waals surface area contributed by atoms with Gasteiger partial charge in [0, 0.05) is 0 Å². The molecule has 0 saturated carbocycles. The molecule has 62 valence electrons. The Bertz CT molecular complexity index is 43.5. The van der Waals surface area contributed by atoms with Gasteiger partial charge in [-0.25, -0.2) is 0 Å². The van der Waals surface area contributed by atoms with Crippen LogP contribution < -0.4 is 0 Å². The fourth-order valence-electron chi connectivity index (χ4n) is 0.500. The molecule has 0 aromatic carbocycles. The Morgan fingerprint density at radius 3 is 1.20 bits per heavy atom. The molecule has 0 rings (SSSR count). The molecule has 0 aliphatic rings. The van der Waals surface area contributed by atoms with Crippen molar-refractivity contribution in [1.82, 2.24) is 0 Å². The fraction of sp³-hybridized carbons (Fsp3) is 1.00. The molecule has 0 fully saturated rings. The zero-order valence-electron chi connectivity index (χ0n) is 6.54. The van der Waals surface area contributed by atoms with E-state index in [1.807, 2.05) is 0 Å². The van der Waals surface area contributed by atoms with Crippen LogP contribution in [-0.4, -0.2) is 17.9 Å². The van der Waals surface area contributed by atoms with E-state index in [0.29, 0.717) is 0 Å². The monoisotopic (exact) mass is 306 g/mol. The van der Waals surface area contributed by atoms with Crippen LogP contribution in [0.2, 0.25) is 0 Å². The third kappa shape index (κ3) is 33.1. The van der Waals surface area contributed by atoms with Gasteiger partial charge in [0.2, 0.25) is 0 Å². The normalized spacial score (nSPS) is 8.10. The molecule has 10 heavy (non-hydrogen) atoms.